The number of rotatable bonds is 0. The number of amidine groups is 1. The average molecular weight is 196 g/mol. The van der Waals surface area contributed by atoms with Gasteiger partial charge in [0.2, 0.25) is 0 Å². The van der Waals surface area contributed by atoms with E-state index < -0.39 is 10.1 Å². The third kappa shape index (κ3) is 2.98. The van der Waals surface area contributed by atoms with Gasteiger partial charge in [0, 0.05) is 5.75 Å². The molecule has 1 rings (SSSR count). The van der Waals surface area contributed by atoms with Crippen molar-refractivity contribution in [2.24, 2.45) is 10.9 Å². The van der Waals surface area contributed by atoms with E-state index in [4.69, 9.17) is 5.73 Å². The fourth-order valence-electron chi connectivity index (χ4n) is 0.570. The molecule has 0 aromatic rings. The third-order valence-corrected chi connectivity index (χ3v) is 2.98. The molecular weight excluding hydrogens is 188 g/mol. The molecule has 0 aromatic heterocycles. The van der Waals surface area contributed by atoms with Crippen molar-refractivity contribution in [3.63, 3.8) is 0 Å². The molecule has 1 aliphatic heterocycles. The Morgan fingerprint density at radius 3 is 3.09 bits per heavy atom. The van der Waals surface area contributed by atoms with E-state index in [0.717, 1.165) is 0 Å². The molecule has 7 heteroatoms. The van der Waals surface area contributed by atoms with Gasteiger partial charge in [-0.2, -0.15) is 8.42 Å². The highest BCUT2D eigenvalue weighted by Gasteiger charge is 2.14. The highest BCUT2D eigenvalue weighted by atomic mass is 32.2. The minimum absolute atomic E-state index is 0.0107. The maximum absolute atomic E-state index is 10.8. The normalized spacial score (nSPS) is 28.9. The van der Waals surface area contributed by atoms with Crippen LogP contribution in [-0.2, 0) is 14.4 Å². The first kappa shape index (κ1) is 8.66. The Balaban J connectivity index is 2.72. The summed E-state index contributed by atoms with van der Waals surface area (Å²) in [5.41, 5.74) is 5.25. The highest BCUT2D eigenvalue weighted by molar-refractivity contribution is 8.13. The van der Waals surface area contributed by atoms with Crippen LogP contribution < -0.4 is 5.73 Å². The molecule has 0 saturated carbocycles. The lowest BCUT2D eigenvalue weighted by atomic mass is 10.6. The molecule has 0 saturated heterocycles. The zero-order valence-electron chi connectivity index (χ0n) is 5.69. The Labute approximate surface area is 69.1 Å². The molecule has 1 heterocycles. The maximum atomic E-state index is 10.8. The van der Waals surface area contributed by atoms with Crippen LogP contribution in [0.1, 0.15) is 6.42 Å². The van der Waals surface area contributed by atoms with E-state index in [9.17, 15) is 8.42 Å². The largest absolute Gasteiger partial charge is 0.376 e. The molecule has 0 bridgehead atoms. The van der Waals surface area contributed by atoms with Crippen molar-refractivity contribution >= 4 is 27.0 Å². The van der Waals surface area contributed by atoms with Crippen molar-refractivity contribution in [3.05, 3.63) is 0 Å². The summed E-state index contributed by atoms with van der Waals surface area (Å²) in [7, 11) is -3.46. The zero-order chi connectivity index (χ0) is 8.32. The quantitative estimate of drug-likeness (QED) is 0.575. The van der Waals surface area contributed by atoms with E-state index in [-0.39, 0.29) is 10.9 Å². The molecule has 64 valence electrons. The number of hydrogen-bond donors (Lipinski definition) is 1. The molecule has 0 radical (unpaired) electrons. The topological polar surface area (TPSA) is 81.8 Å². The van der Waals surface area contributed by atoms with Crippen molar-refractivity contribution in [1.82, 2.24) is 0 Å². The highest BCUT2D eigenvalue weighted by Crippen LogP contribution is 2.09. The van der Waals surface area contributed by atoms with Gasteiger partial charge in [-0.3, -0.25) is 4.28 Å². The van der Waals surface area contributed by atoms with Crippen LogP contribution >= 0.6 is 11.8 Å². The molecule has 1 aliphatic rings. The molecule has 0 spiro atoms. The van der Waals surface area contributed by atoms with E-state index in [0.29, 0.717) is 12.2 Å². The minimum Gasteiger partial charge on any atom is -0.376 e. The predicted molar refractivity (Wildman–Crippen MR) is 43.6 cm³/mol. The van der Waals surface area contributed by atoms with Crippen LogP contribution in [0, 0.1) is 0 Å². The average Bonchev–Trinajstić information content (AvgIpc) is 1.92. The fraction of sp³-hybridized carbons (Fsp3) is 0.750. The van der Waals surface area contributed by atoms with Gasteiger partial charge in [-0.15, -0.1) is 0 Å². The molecule has 0 amide bonds. The smallest absolute Gasteiger partial charge is 0.328 e. The summed E-state index contributed by atoms with van der Waals surface area (Å²) in [6.45, 7) is 0. The van der Waals surface area contributed by atoms with Crippen LogP contribution in [0.2, 0.25) is 0 Å². The van der Waals surface area contributed by atoms with Crippen molar-refractivity contribution < 1.29 is 12.7 Å². The second kappa shape index (κ2) is 3.31. The van der Waals surface area contributed by atoms with Crippen molar-refractivity contribution in [2.75, 3.05) is 11.5 Å². The van der Waals surface area contributed by atoms with Crippen molar-refractivity contribution in [3.8, 4) is 0 Å². The fourth-order valence-corrected chi connectivity index (χ4v) is 2.15. The summed E-state index contributed by atoms with van der Waals surface area (Å²) in [6, 6.07) is 0. The van der Waals surface area contributed by atoms with E-state index in [1.165, 1.54) is 11.8 Å². The van der Waals surface area contributed by atoms with E-state index in [1.807, 2.05) is 0 Å². The Bertz CT molecular complexity index is 259. The van der Waals surface area contributed by atoms with Gasteiger partial charge in [0.15, 0.2) is 5.17 Å². The van der Waals surface area contributed by atoms with Crippen LogP contribution in [-0.4, -0.2) is 25.1 Å². The standard InChI is InChI=1S/C4H8N2O3S2/c5-4-6-9-11(7,8)3-1-2-10-4/h1-3H2,(H2,5,6). The molecule has 0 atom stereocenters. The molecular formula is C4H8N2O3S2. The molecule has 0 aromatic carbocycles. The molecule has 11 heavy (non-hydrogen) atoms. The molecule has 5 nitrogen and oxygen atoms in total. The SMILES string of the molecule is N/C1=N/OS(=O)(=O)CCCS1. The Kier molecular flexibility index (Phi) is 2.61. The summed E-state index contributed by atoms with van der Waals surface area (Å²) >= 11 is 1.29. The van der Waals surface area contributed by atoms with Crippen molar-refractivity contribution in [2.45, 2.75) is 6.42 Å². The number of hydrogen-bond acceptors (Lipinski definition) is 6. The lowest BCUT2D eigenvalue weighted by Crippen LogP contribution is -2.16. The van der Waals surface area contributed by atoms with Gasteiger partial charge < -0.3 is 5.73 Å². The predicted octanol–water partition coefficient (Wildman–Crippen LogP) is -0.301. The van der Waals surface area contributed by atoms with Gasteiger partial charge in [-0.05, 0) is 11.6 Å². The number of thioether (sulfide) groups is 1. The summed E-state index contributed by atoms with van der Waals surface area (Å²) in [5.74, 6) is 0.675. The van der Waals surface area contributed by atoms with E-state index in [1.54, 1.807) is 0 Å². The van der Waals surface area contributed by atoms with Gasteiger partial charge in [0.1, 0.15) is 0 Å². The van der Waals surface area contributed by atoms with Crippen LogP contribution in [0.4, 0.5) is 0 Å². The van der Waals surface area contributed by atoms with E-state index >= 15 is 0 Å². The first-order valence-electron chi connectivity index (χ1n) is 2.98. The van der Waals surface area contributed by atoms with Gasteiger partial charge in [0.05, 0.1) is 5.75 Å². The van der Waals surface area contributed by atoms with Crippen LogP contribution in [0.5, 0.6) is 0 Å². The minimum atomic E-state index is -3.46. The van der Waals surface area contributed by atoms with Gasteiger partial charge >= 0.3 is 10.1 Å². The molecule has 2 N–H and O–H groups in total. The first-order valence-corrected chi connectivity index (χ1v) is 5.54. The van der Waals surface area contributed by atoms with Gasteiger partial charge in [-0.25, -0.2) is 0 Å². The lowest BCUT2D eigenvalue weighted by Gasteiger charge is -2.05. The molecule has 0 fully saturated rings. The summed E-state index contributed by atoms with van der Waals surface area (Å²) in [5, 5.41) is 3.37. The van der Waals surface area contributed by atoms with Crippen molar-refractivity contribution in [1.29, 1.82) is 0 Å². The number of oxime groups is 1. The number of nitrogens with two attached hydrogens (primary N) is 1. The van der Waals surface area contributed by atoms with Crippen LogP contribution in [0.25, 0.3) is 0 Å². The maximum Gasteiger partial charge on any atom is 0.328 e. The summed E-state index contributed by atoms with van der Waals surface area (Å²) in [6.07, 6.45) is 0.545. The summed E-state index contributed by atoms with van der Waals surface area (Å²) < 4.78 is 25.7. The van der Waals surface area contributed by atoms with E-state index in [2.05, 4.69) is 9.44 Å². The second-order valence-corrected chi connectivity index (χ2v) is 4.76. The zero-order valence-corrected chi connectivity index (χ0v) is 7.32. The van der Waals surface area contributed by atoms with Gasteiger partial charge in [0.25, 0.3) is 0 Å². The van der Waals surface area contributed by atoms with Gasteiger partial charge in [-0.1, -0.05) is 11.8 Å². The monoisotopic (exact) mass is 196 g/mol. The molecule has 0 unspecified atom stereocenters. The first-order chi connectivity index (χ1) is 5.10. The molecule has 0 aliphatic carbocycles. The second-order valence-electron chi connectivity index (χ2n) is 1.97. The Hall–Kier alpha value is -0.430. The van der Waals surface area contributed by atoms with Crippen LogP contribution in [0.15, 0.2) is 5.16 Å². The Morgan fingerprint density at radius 1 is 1.64 bits per heavy atom. The summed E-state index contributed by atoms with van der Waals surface area (Å²) in [4.78, 5) is 0. The Morgan fingerprint density at radius 2 is 2.36 bits per heavy atom. The number of nitrogens with zero attached hydrogens (tertiary/aromatic N) is 1. The lowest BCUT2D eigenvalue weighted by molar-refractivity contribution is 0.339. The van der Waals surface area contributed by atoms with Crippen LogP contribution in [0.3, 0.4) is 0 Å². The third-order valence-electron chi connectivity index (χ3n) is 1.03.